The summed E-state index contributed by atoms with van der Waals surface area (Å²) in [6.07, 6.45) is 14.7. The summed E-state index contributed by atoms with van der Waals surface area (Å²) >= 11 is 1.66. The molecule has 4 aliphatic heterocycles. The highest BCUT2D eigenvalue weighted by atomic mass is 32.2. The van der Waals surface area contributed by atoms with Gasteiger partial charge in [-0.05, 0) is 26.2 Å². The summed E-state index contributed by atoms with van der Waals surface area (Å²) in [5, 5.41) is 9.10. The maximum Gasteiger partial charge on any atom is 0.247 e. The van der Waals surface area contributed by atoms with Crippen LogP contribution in [-0.2, 0) is 14.4 Å². The monoisotopic (exact) mass is 503 g/mol. The Balaban J connectivity index is 1.71. The lowest BCUT2D eigenvalue weighted by molar-refractivity contribution is -0.144. The SMILES string of the molecule is CCCCCN1CC=C[C@]23S[C@@]4(C)C=CCN(C)C(=O)[C@H]4[C@H]2C(=O)N(CCCCCCO)C3C1=O. The molecule has 194 valence electrons. The maximum atomic E-state index is 14.1. The van der Waals surface area contributed by atoms with Crippen molar-refractivity contribution < 1.29 is 19.5 Å². The predicted molar refractivity (Wildman–Crippen MR) is 139 cm³/mol. The van der Waals surface area contributed by atoms with Gasteiger partial charge in [-0.1, -0.05) is 56.9 Å². The van der Waals surface area contributed by atoms with Crippen molar-refractivity contribution in [3.05, 3.63) is 24.3 Å². The third-order valence-electron chi connectivity index (χ3n) is 8.18. The van der Waals surface area contributed by atoms with Crippen LogP contribution in [0.4, 0.5) is 0 Å². The van der Waals surface area contributed by atoms with Gasteiger partial charge in [0.1, 0.15) is 6.04 Å². The maximum absolute atomic E-state index is 14.1. The van der Waals surface area contributed by atoms with E-state index in [4.69, 9.17) is 5.11 Å². The van der Waals surface area contributed by atoms with E-state index in [0.717, 1.165) is 44.9 Å². The number of carbonyl (C=O) groups excluding carboxylic acids is 3. The van der Waals surface area contributed by atoms with E-state index in [-0.39, 0.29) is 24.3 Å². The number of likely N-dealkylation sites (tertiary alicyclic amines) is 1. The first kappa shape index (κ1) is 26.3. The molecule has 0 aromatic heterocycles. The molecule has 0 aliphatic carbocycles. The number of unbranched alkanes of at least 4 members (excludes halogenated alkanes) is 5. The molecule has 0 bridgehead atoms. The van der Waals surface area contributed by atoms with Gasteiger partial charge in [0.2, 0.25) is 17.7 Å². The highest BCUT2D eigenvalue weighted by Crippen LogP contribution is 2.65. The van der Waals surface area contributed by atoms with E-state index in [1.54, 1.807) is 23.7 Å². The summed E-state index contributed by atoms with van der Waals surface area (Å²) in [4.78, 5) is 47.3. The van der Waals surface area contributed by atoms with Gasteiger partial charge in [0.15, 0.2) is 0 Å². The summed E-state index contributed by atoms with van der Waals surface area (Å²) in [6.45, 7) is 6.69. The average molecular weight is 504 g/mol. The third-order valence-corrected chi connectivity index (χ3v) is 9.98. The number of nitrogens with zero attached hydrogens (tertiary/aromatic N) is 3. The number of aliphatic hydroxyl groups excluding tert-OH is 1. The lowest BCUT2D eigenvalue weighted by Gasteiger charge is -2.37. The molecule has 0 aromatic carbocycles. The first-order valence-corrected chi connectivity index (χ1v) is 14.1. The number of thioether (sulfide) groups is 1. The normalized spacial score (nSPS) is 34.2. The minimum Gasteiger partial charge on any atom is -0.396 e. The summed E-state index contributed by atoms with van der Waals surface area (Å²) in [6, 6.07) is -0.585. The number of carbonyl (C=O) groups is 3. The zero-order chi connectivity index (χ0) is 25.2. The smallest absolute Gasteiger partial charge is 0.247 e. The molecule has 4 rings (SSSR count). The Morgan fingerprint density at radius 2 is 1.63 bits per heavy atom. The standard InChI is InChI=1S/C27H41N3O4S/c1-4-5-8-16-29-17-12-14-27-21(20-23(32)28(3)15-11-13-26(20,2)35-27)24(33)30(22(27)25(29)34)18-9-6-7-10-19-31/h11-14,20-22,31H,4-10,15-19H2,1-3H3/t20-,21+,22?,26+,27+/m1/s1. The largest absolute Gasteiger partial charge is 0.396 e. The highest BCUT2D eigenvalue weighted by Gasteiger charge is 2.73. The molecule has 35 heavy (non-hydrogen) atoms. The summed E-state index contributed by atoms with van der Waals surface area (Å²) < 4.78 is -1.27. The van der Waals surface area contributed by atoms with Crippen LogP contribution in [-0.4, -0.2) is 92.9 Å². The lowest BCUT2D eigenvalue weighted by Crippen LogP contribution is -2.53. The summed E-state index contributed by atoms with van der Waals surface area (Å²) in [5.41, 5.74) is 0. The van der Waals surface area contributed by atoms with Gasteiger partial charge in [-0.3, -0.25) is 14.4 Å². The highest BCUT2D eigenvalue weighted by molar-refractivity contribution is 8.02. The second kappa shape index (κ2) is 10.7. The van der Waals surface area contributed by atoms with Crippen LogP contribution >= 0.6 is 11.8 Å². The minimum absolute atomic E-state index is 0.00586. The molecule has 0 radical (unpaired) electrons. The lowest BCUT2D eigenvalue weighted by atomic mass is 9.74. The van der Waals surface area contributed by atoms with Gasteiger partial charge in [-0.25, -0.2) is 0 Å². The summed E-state index contributed by atoms with van der Waals surface area (Å²) in [7, 11) is 1.80. The zero-order valence-electron chi connectivity index (χ0n) is 21.4. The van der Waals surface area contributed by atoms with Crippen LogP contribution < -0.4 is 0 Å². The molecule has 1 spiro atoms. The molecule has 4 aliphatic rings. The molecular weight excluding hydrogens is 462 g/mol. The van der Waals surface area contributed by atoms with E-state index in [9.17, 15) is 14.4 Å². The van der Waals surface area contributed by atoms with E-state index >= 15 is 0 Å². The molecule has 2 fully saturated rings. The van der Waals surface area contributed by atoms with Crippen molar-refractivity contribution in [1.82, 2.24) is 14.7 Å². The minimum atomic E-state index is -0.740. The summed E-state index contributed by atoms with van der Waals surface area (Å²) in [5.74, 6) is -1.07. The predicted octanol–water partition coefficient (Wildman–Crippen LogP) is 2.84. The molecule has 0 saturated carbocycles. The fourth-order valence-electron chi connectivity index (χ4n) is 6.43. The Hall–Kier alpha value is -1.80. The Morgan fingerprint density at radius 3 is 2.37 bits per heavy atom. The number of fused-ring (bicyclic) bond motifs is 2. The topological polar surface area (TPSA) is 81.2 Å². The molecule has 5 atom stereocenters. The van der Waals surface area contributed by atoms with Crippen molar-refractivity contribution in [2.24, 2.45) is 11.8 Å². The van der Waals surface area contributed by atoms with Crippen LogP contribution in [0.15, 0.2) is 24.3 Å². The van der Waals surface area contributed by atoms with E-state index in [1.807, 2.05) is 15.9 Å². The average Bonchev–Trinajstić information content (AvgIpc) is 3.10. The first-order chi connectivity index (χ1) is 16.8. The van der Waals surface area contributed by atoms with Gasteiger partial charge in [-0.2, -0.15) is 0 Å². The van der Waals surface area contributed by atoms with E-state index in [1.165, 1.54) is 0 Å². The zero-order valence-corrected chi connectivity index (χ0v) is 22.3. The van der Waals surface area contributed by atoms with Crippen LogP contribution in [0.25, 0.3) is 0 Å². The second-order valence-corrected chi connectivity index (χ2v) is 12.5. The number of hydrogen-bond acceptors (Lipinski definition) is 5. The molecule has 7 nitrogen and oxygen atoms in total. The van der Waals surface area contributed by atoms with Gasteiger partial charge >= 0.3 is 0 Å². The van der Waals surface area contributed by atoms with Crippen LogP contribution in [0.5, 0.6) is 0 Å². The number of rotatable bonds is 10. The molecule has 8 heteroatoms. The van der Waals surface area contributed by atoms with E-state index in [0.29, 0.717) is 26.2 Å². The number of likely N-dealkylation sites (N-methyl/N-ethyl adjacent to an activating group) is 1. The van der Waals surface area contributed by atoms with Crippen LogP contribution in [0, 0.1) is 11.8 Å². The van der Waals surface area contributed by atoms with Crippen molar-refractivity contribution in [2.75, 3.05) is 39.8 Å². The van der Waals surface area contributed by atoms with Gasteiger partial charge in [-0.15, -0.1) is 11.8 Å². The molecule has 2 saturated heterocycles. The van der Waals surface area contributed by atoms with Crippen LogP contribution in [0.2, 0.25) is 0 Å². The Kier molecular flexibility index (Phi) is 8.01. The van der Waals surface area contributed by atoms with Crippen molar-refractivity contribution in [1.29, 1.82) is 0 Å². The van der Waals surface area contributed by atoms with Crippen LogP contribution in [0.1, 0.15) is 58.8 Å². The van der Waals surface area contributed by atoms with Crippen molar-refractivity contribution in [2.45, 2.75) is 74.3 Å². The first-order valence-electron chi connectivity index (χ1n) is 13.3. The molecule has 1 unspecified atom stereocenters. The number of aliphatic hydroxyl groups is 1. The van der Waals surface area contributed by atoms with E-state index in [2.05, 4.69) is 32.1 Å². The van der Waals surface area contributed by atoms with Gasteiger partial charge in [0.05, 0.1) is 16.6 Å². The van der Waals surface area contributed by atoms with Gasteiger partial charge in [0, 0.05) is 44.6 Å². The fraction of sp³-hybridized carbons (Fsp3) is 0.741. The van der Waals surface area contributed by atoms with Crippen molar-refractivity contribution in [3.8, 4) is 0 Å². The molecule has 1 N–H and O–H groups in total. The fourth-order valence-corrected chi connectivity index (χ4v) is 8.59. The van der Waals surface area contributed by atoms with E-state index < -0.39 is 27.4 Å². The number of amides is 3. The number of hydrogen-bond donors (Lipinski definition) is 1. The van der Waals surface area contributed by atoms with Crippen LogP contribution in [0.3, 0.4) is 0 Å². The molecule has 3 amide bonds. The Bertz CT molecular complexity index is 892. The van der Waals surface area contributed by atoms with Gasteiger partial charge in [0.25, 0.3) is 0 Å². The molecular formula is C27H41N3O4S. The van der Waals surface area contributed by atoms with Crippen molar-refractivity contribution in [3.63, 3.8) is 0 Å². The van der Waals surface area contributed by atoms with Gasteiger partial charge < -0.3 is 19.8 Å². The van der Waals surface area contributed by atoms with Crippen molar-refractivity contribution >= 4 is 29.5 Å². The third kappa shape index (κ3) is 4.57. The second-order valence-electron chi connectivity index (χ2n) is 10.7. The molecule has 0 aromatic rings. The quantitative estimate of drug-likeness (QED) is 0.366. The Labute approximate surface area is 214 Å². The molecule has 4 heterocycles. The Morgan fingerprint density at radius 1 is 0.914 bits per heavy atom.